The van der Waals surface area contributed by atoms with Crippen molar-refractivity contribution in [3.8, 4) is 11.5 Å². The Morgan fingerprint density at radius 1 is 1.50 bits per heavy atom. The van der Waals surface area contributed by atoms with Gasteiger partial charge in [-0.3, -0.25) is 0 Å². The molecule has 18 heavy (non-hydrogen) atoms. The molecule has 1 saturated heterocycles. The van der Waals surface area contributed by atoms with Gasteiger partial charge in [-0.15, -0.1) is 0 Å². The molecule has 0 radical (unpaired) electrons. The van der Waals surface area contributed by atoms with Gasteiger partial charge in [-0.25, -0.2) is 0 Å². The Kier molecular flexibility index (Phi) is 4.07. The summed E-state index contributed by atoms with van der Waals surface area (Å²) in [6.45, 7) is 5.47. The van der Waals surface area contributed by atoms with Gasteiger partial charge >= 0.3 is 131 Å². The summed E-state index contributed by atoms with van der Waals surface area (Å²) in [7, 11) is 0. The third-order valence-electron chi connectivity index (χ3n) is 2.77. The normalized spacial score (nSPS) is 21.7. The summed E-state index contributed by atoms with van der Waals surface area (Å²) in [6.07, 6.45) is 0. The van der Waals surface area contributed by atoms with Gasteiger partial charge in [0.2, 0.25) is 0 Å². The zero-order valence-electron chi connectivity index (χ0n) is 10.3. The number of hydrogen-bond donors (Lipinski definition) is 2. The number of esters is 1. The van der Waals surface area contributed by atoms with E-state index in [9.17, 15) is 9.90 Å². The van der Waals surface area contributed by atoms with Crippen molar-refractivity contribution in [2.45, 2.75) is 28.2 Å². The first-order valence-electron chi connectivity index (χ1n) is 5.41. The Bertz CT molecular complexity index is 475. The molecule has 1 heterocycles. The van der Waals surface area contributed by atoms with E-state index in [1.165, 1.54) is 0 Å². The summed E-state index contributed by atoms with van der Waals surface area (Å²) >= 11 is 2.10. The van der Waals surface area contributed by atoms with Crippen LogP contribution in [0.25, 0.3) is 0 Å². The molecule has 1 aromatic rings. The number of hydrogen-bond acceptors (Lipinski definition) is 4. The van der Waals surface area contributed by atoms with Crippen molar-refractivity contribution < 1.29 is 36.1 Å². The molecule has 1 aromatic carbocycles. The van der Waals surface area contributed by atoms with E-state index >= 15 is 0 Å². The van der Waals surface area contributed by atoms with E-state index in [1.807, 2.05) is 6.92 Å². The minimum atomic E-state index is -0.509. The third kappa shape index (κ3) is 2.90. The van der Waals surface area contributed by atoms with Crippen molar-refractivity contribution in [1.82, 2.24) is 3.53 Å². The number of phenols is 1. The molecule has 0 spiro atoms. The molecule has 0 bridgehead atoms. The first kappa shape index (κ1) is 14.3. The van der Waals surface area contributed by atoms with Crippen LogP contribution in [0.1, 0.15) is 18.1 Å². The van der Waals surface area contributed by atoms with E-state index in [4.69, 9.17) is 4.74 Å². The SMILES string of the molecule is Cc1cc(OC(=O)C(C)(I)C2N[I-]2)cc(C)c1O. The first-order valence-corrected chi connectivity index (χ1v) is 8.82. The predicted molar refractivity (Wildman–Crippen MR) is 72.6 cm³/mol. The van der Waals surface area contributed by atoms with Crippen LogP contribution in [0.15, 0.2) is 12.1 Å². The third-order valence-corrected chi connectivity index (χ3v) is 7.51. The number of benzene rings is 1. The van der Waals surface area contributed by atoms with E-state index in [2.05, 4.69) is 26.1 Å². The number of ether oxygens (including phenoxy) is 1. The van der Waals surface area contributed by atoms with Crippen molar-refractivity contribution >= 4 is 28.6 Å². The van der Waals surface area contributed by atoms with Gasteiger partial charge in [0.25, 0.3) is 0 Å². The van der Waals surface area contributed by atoms with E-state index in [1.54, 1.807) is 26.0 Å². The van der Waals surface area contributed by atoms with Crippen LogP contribution >= 0.6 is 22.6 Å². The number of carbonyl (C=O) groups is 1. The molecule has 6 heteroatoms. The molecular weight excluding hydrogens is 460 g/mol. The van der Waals surface area contributed by atoms with Gasteiger partial charge in [-0.05, 0) is 0 Å². The molecule has 0 aliphatic carbocycles. The Morgan fingerprint density at radius 2 is 2.00 bits per heavy atom. The molecule has 0 amide bonds. The molecule has 4 nitrogen and oxygen atoms in total. The van der Waals surface area contributed by atoms with Crippen molar-refractivity contribution in [2.24, 2.45) is 0 Å². The zero-order chi connectivity index (χ0) is 13.5. The second-order valence-electron chi connectivity index (χ2n) is 4.45. The second-order valence-corrected chi connectivity index (χ2v) is 9.18. The maximum absolute atomic E-state index is 12.1. The topological polar surface area (TPSA) is 68.5 Å². The van der Waals surface area contributed by atoms with Crippen molar-refractivity contribution in [2.75, 3.05) is 0 Å². The number of halogens is 2. The zero-order valence-corrected chi connectivity index (χ0v) is 14.6. The quantitative estimate of drug-likeness (QED) is 0.113. The number of phenolic OH excluding ortho intramolecular Hbond substituents is 1. The summed E-state index contributed by atoms with van der Waals surface area (Å²) in [5.41, 5.74) is 1.43. The van der Waals surface area contributed by atoms with E-state index in [0.717, 1.165) is 0 Å². The van der Waals surface area contributed by atoms with E-state index < -0.39 is 3.42 Å². The fraction of sp³-hybridized carbons (Fsp3) is 0.417. The molecule has 1 aliphatic rings. The van der Waals surface area contributed by atoms with Gasteiger partial charge in [0.1, 0.15) is 0 Å². The fourth-order valence-electron chi connectivity index (χ4n) is 1.52. The molecular formula is C12H14I2NO3-. The average molecular weight is 474 g/mol. The Labute approximate surface area is 130 Å². The molecule has 100 valence electrons. The maximum atomic E-state index is 12.1. The number of aromatic hydroxyl groups is 1. The van der Waals surface area contributed by atoms with Crippen molar-refractivity contribution in [1.29, 1.82) is 0 Å². The van der Waals surface area contributed by atoms with Crippen LogP contribution in [0.3, 0.4) is 0 Å². The van der Waals surface area contributed by atoms with Crippen molar-refractivity contribution in [3.05, 3.63) is 23.3 Å². The van der Waals surface area contributed by atoms with E-state index in [-0.39, 0.29) is 33.2 Å². The first-order chi connectivity index (χ1) is 8.32. The van der Waals surface area contributed by atoms with Crippen LogP contribution in [0.4, 0.5) is 0 Å². The Morgan fingerprint density at radius 3 is 2.44 bits per heavy atom. The summed E-state index contributed by atoms with van der Waals surface area (Å²) in [5, 5.41) is 9.68. The van der Waals surface area contributed by atoms with Crippen LogP contribution in [0, 0.1) is 13.8 Å². The van der Waals surface area contributed by atoms with E-state index in [0.29, 0.717) is 20.9 Å². The van der Waals surface area contributed by atoms with Crippen LogP contribution in [-0.4, -0.2) is 18.5 Å². The average Bonchev–Trinajstić information content (AvgIpc) is 3.09. The summed E-state index contributed by atoms with van der Waals surface area (Å²) in [6, 6.07) is 3.37. The number of carbonyl (C=O) groups excluding carboxylic acids is 1. The molecule has 0 aromatic heterocycles. The number of aryl methyl sites for hydroxylation is 2. The number of nitrogens with one attached hydrogen (secondary N) is 1. The standard InChI is InChI=1S/C12H14I2NO3/c1-6-4-8(5-7(2)9(6)16)18-11(17)12(3,13)10-14-15-10/h4-5,10,15-16H,1-3H3/q-1. The van der Waals surface area contributed by atoms with Crippen LogP contribution in [-0.2, 0) is 4.79 Å². The van der Waals surface area contributed by atoms with Crippen LogP contribution < -0.4 is 29.7 Å². The molecule has 2 unspecified atom stereocenters. The second kappa shape index (κ2) is 5.12. The molecule has 2 N–H and O–H groups in total. The number of rotatable bonds is 3. The number of alkyl halides is 2. The minimum absolute atomic E-state index is 0.0418. The monoisotopic (exact) mass is 474 g/mol. The molecule has 2 rings (SSSR count). The van der Waals surface area contributed by atoms with Gasteiger partial charge in [-0.1, -0.05) is 0 Å². The summed E-state index contributed by atoms with van der Waals surface area (Å²) in [5.74, 6) is 0.513. The molecule has 1 aliphatic heterocycles. The summed E-state index contributed by atoms with van der Waals surface area (Å²) < 4.78 is 8.44. The summed E-state index contributed by atoms with van der Waals surface area (Å²) in [4.78, 5) is 12.1. The van der Waals surface area contributed by atoms with Gasteiger partial charge in [0, 0.05) is 0 Å². The Balaban J connectivity index is 2.16. The van der Waals surface area contributed by atoms with Crippen LogP contribution in [0.2, 0.25) is 0 Å². The fourth-order valence-corrected chi connectivity index (χ4v) is 4.81. The molecule has 1 fully saturated rings. The van der Waals surface area contributed by atoms with Gasteiger partial charge in [0.05, 0.1) is 0 Å². The van der Waals surface area contributed by atoms with Crippen LogP contribution in [0.5, 0.6) is 11.5 Å². The van der Waals surface area contributed by atoms with Gasteiger partial charge in [0.15, 0.2) is 0 Å². The van der Waals surface area contributed by atoms with Gasteiger partial charge in [-0.2, -0.15) is 0 Å². The van der Waals surface area contributed by atoms with Crippen molar-refractivity contribution in [3.63, 3.8) is 0 Å². The molecule has 0 saturated carbocycles. The Hall–Kier alpha value is -0.0900. The van der Waals surface area contributed by atoms with Gasteiger partial charge < -0.3 is 0 Å². The molecule has 2 atom stereocenters. The predicted octanol–water partition coefficient (Wildman–Crippen LogP) is -0.959.